The van der Waals surface area contributed by atoms with Crippen LogP contribution in [0.4, 0.5) is 0 Å². The second-order valence-corrected chi connectivity index (χ2v) is 20.2. The van der Waals surface area contributed by atoms with E-state index in [1.807, 2.05) is 0 Å². The molecule has 0 bridgehead atoms. The fourth-order valence-electron chi connectivity index (χ4n) is 8.30. The van der Waals surface area contributed by atoms with Crippen LogP contribution in [0.3, 0.4) is 0 Å². The molecule has 6 heteroatoms. The predicted molar refractivity (Wildman–Crippen MR) is 329 cm³/mol. The third kappa shape index (κ3) is 60.4. The molecule has 76 heavy (non-hydrogen) atoms. The summed E-state index contributed by atoms with van der Waals surface area (Å²) in [5.41, 5.74) is 0. The first-order chi connectivity index (χ1) is 37.5. The van der Waals surface area contributed by atoms with Gasteiger partial charge < -0.3 is 14.2 Å². The van der Waals surface area contributed by atoms with Gasteiger partial charge in [0.15, 0.2) is 6.10 Å². The molecule has 0 spiro atoms. The van der Waals surface area contributed by atoms with Gasteiger partial charge in [0.1, 0.15) is 13.2 Å². The summed E-state index contributed by atoms with van der Waals surface area (Å²) in [6, 6.07) is 0. The first kappa shape index (κ1) is 71.5. The first-order valence-corrected chi connectivity index (χ1v) is 31.2. The van der Waals surface area contributed by atoms with Gasteiger partial charge in [-0.25, -0.2) is 0 Å². The molecule has 0 fully saturated rings. The smallest absolute Gasteiger partial charge is 0.306 e. The second kappa shape index (κ2) is 63.1. The van der Waals surface area contributed by atoms with E-state index >= 15 is 0 Å². The van der Waals surface area contributed by atoms with E-state index < -0.39 is 6.10 Å². The molecule has 0 aliphatic heterocycles. The van der Waals surface area contributed by atoms with Gasteiger partial charge in [0.25, 0.3) is 0 Å². The average molecular weight is 1050 g/mol. The Kier molecular flexibility index (Phi) is 59.4. The van der Waals surface area contributed by atoms with Crippen LogP contribution < -0.4 is 0 Å². The van der Waals surface area contributed by atoms with Crippen molar-refractivity contribution in [3.05, 3.63) is 134 Å². The Morgan fingerprint density at radius 3 is 0.803 bits per heavy atom. The van der Waals surface area contributed by atoms with Gasteiger partial charge in [0.05, 0.1) is 0 Å². The lowest BCUT2D eigenvalue weighted by Gasteiger charge is -2.18. The fraction of sp³-hybridized carbons (Fsp3) is 0.643. The molecule has 0 aromatic carbocycles. The molecule has 0 amide bonds. The maximum absolute atomic E-state index is 12.9. The summed E-state index contributed by atoms with van der Waals surface area (Å²) in [6.45, 7) is 6.38. The molecule has 0 saturated carbocycles. The molecule has 0 rings (SSSR count). The number of unbranched alkanes of at least 4 members (excludes halogenated alkanes) is 22. The number of allylic oxidation sites excluding steroid dienone is 22. The Balaban J connectivity index is 4.27. The molecule has 1 unspecified atom stereocenters. The van der Waals surface area contributed by atoms with Crippen molar-refractivity contribution >= 4 is 17.9 Å². The van der Waals surface area contributed by atoms with Crippen LogP contribution in [0, 0.1) is 0 Å². The van der Waals surface area contributed by atoms with E-state index in [0.717, 1.165) is 148 Å². The topological polar surface area (TPSA) is 78.9 Å². The van der Waals surface area contributed by atoms with Gasteiger partial charge in [0.2, 0.25) is 0 Å². The summed E-state index contributed by atoms with van der Waals surface area (Å²) < 4.78 is 16.8. The Labute approximate surface area is 468 Å². The maximum Gasteiger partial charge on any atom is 0.306 e. The van der Waals surface area contributed by atoms with E-state index in [1.54, 1.807) is 0 Å². The third-order valence-electron chi connectivity index (χ3n) is 12.9. The number of ether oxygens (including phenoxy) is 3. The molecule has 0 saturated heterocycles. The molecule has 0 aliphatic rings. The van der Waals surface area contributed by atoms with E-state index in [4.69, 9.17) is 14.2 Å². The molecule has 0 N–H and O–H groups in total. The normalized spacial score (nSPS) is 13.0. The monoisotopic (exact) mass is 1050 g/mol. The van der Waals surface area contributed by atoms with Gasteiger partial charge in [-0.3, -0.25) is 14.4 Å². The molecular formula is C70H114O6. The van der Waals surface area contributed by atoms with Crippen LogP contribution in [0.15, 0.2) is 134 Å². The zero-order valence-electron chi connectivity index (χ0n) is 49.2. The van der Waals surface area contributed by atoms with Crippen molar-refractivity contribution in [3.63, 3.8) is 0 Å². The molecule has 1 atom stereocenters. The van der Waals surface area contributed by atoms with Crippen molar-refractivity contribution in [3.8, 4) is 0 Å². The van der Waals surface area contributed by atoms with Gasteiger partial charge in [0, 0.05) is 19.3 Å². The SMILES string of the molecule is CC/C=C\C/C=C\C/C=C\C/C=C\C/C=C\C/C=C\C/C=C\CCCCCCCCCCCC(=O)OCC(COC(=O)CCCCCCCCCCCC)OC(=O)CCCCCC/C=C\C/C=C\C/C=C\C/C=C\CC. The van der Waals surface area contributed by atoms with Crippen LogP contribution in [0.25, 0.3) is 0 Å². The minimum Gasteiger partial charge on any atom is -0.462 e. The average Bonchev–Trinajstić information content (AvgIpc) is 3.42. The summed E-state index contributed by atoms with van der Waals surface area (Å²) in [5, 5.41) is 0. The number of carbonyl (C=O) groups excluding carboxylic acids is 3. The van der Waals surface area contributed by atoms with Gasteiger partial charge in [-0.15, -0.1) is 0 Å². The van der Waals surface area contributed by atoms with E-state index in [2.05, 4.69) is 154 Å². The Morgan fingerprint density at radius 1 is 0.276 bits per heavy atom. The van der Waals surface area contributed by atoms with Gasteiger partial charge in [-0.1, -0.05) is 270 Å². The molecule has 0 radical (unpaired) electrons. The Bertz CT molecular complexity index is 1630. The first-order valence-electron chi connectivity index (χ1n) is 31.2. The van der Waals surface area contributed by atoms with Crippen LogP contribution in [0.5, 0.6) is 0 Å². The van der Waals surface area contributed by atoms with E-state index in [-0.39, 0.29) is 31.1 Å². The minimum atomic E-state index is -0.796. The number of esters is 3. The molecule has 430 valence electrons. The minimum absolute atomic E-state index is 0.0910. The molecule has 0 aromatic rings. The van der Waals surface area contributed by atoms with Crippen molar-refractivity contribution in [1.82, 2.24) is 0 Å². The fourth-order valence-corrected chi connectivity index (χ4v) is 8.30. The van der Waals surface area contributed by atoms with Crippen LogP contribution in [0.2, 0.25) is 0 Å². The summed E-state index contributed by atoms with van der Waals surface area (Å²) in [6.07, 6.45) is 88.9. The van der Waals surface area contributed by atoms with Gasteiger partial charge in [-0.05, 0) is 116 Å². The van der Waals surface area contributed by atoms with Gasteiger partial charge in [-0.2, -0.15) is 0 Å². The van der Waals surface area contributed by atoms with E-state index in [0.29, 0.717) is 19.3 Å². The molecule has 0 heterocycles. The summed E-state index contributed by atoms with van der Waals surface area (Å²) in [7, 11) is 0. The zero-order chi connectivity index (χ0) is 55.0. The summed E-state index contributed by atoms with van der Waals surface area (Å²) in [5.74, 6) is -0.923. The highest BCUT2D eigenvalue weighted by Crippen LogP contribution is 2.15. The Hall–Kier alpha value is -4.45. The molecule has 6 nitrogen and oxygen atoms in total. The highest BCUT2D eigenvalue weighted by Gasteiger charge is 2.19. The van der Waals surface area contributed by atoms with Crippen LogP contribution >= 0.6 is 0 Å². The lowest BCUT2D eigenvalue weighted by atomic mass is 10.1. The van der Waals surface area contributed by atoms with Crippen molar-refractivity contribution in [1.29, 1.82) is 0 Å². The third-order valence-corrected chi connectivity index (χ3v) is 12.9. The summed E-state index contributed by atoms with van der Waals surface area (Å²) in [4.78, 5) is 38.2. The number of rotatable bonds is 55. The van der Waals surface area contributed by atoms with E-state index in [9.17, 15) is 14.4 Å². The summed E-state index contributed by atoms with van der Waals surface area (Å²) >= 11 is 0. The second-order valence-electron chi connectivity index (χ2n) is 20.2. The maximum atomic E-state index is 12.9. The highest BCUT2D eigenvalue weighted by atomic mass is 16.6. The largest absolute Gasteiger partial charge is 0.462 e. The van der Waals surface area contributed by atoms with Crippen molar-refractivity contribution in [2.24, 2.45) is 0 Å². The molecule has 0 aliphatic carbocycles. The van der Waals surface area contributed by atoms with Crippen LogP contribution in [-0.4, -0.2) is 37.2 Å². The lowest BCUT2D eigenvalue weighted by Crippen LogP contribution is -2.30. The Morgan fingerprint density at radius 2 is 0.513 bits per heavy atom. The number of hydrogen-bond acceptors (Lipinski definition) is 6. The molecular weight excluding hydrogens is 937 g/mol. The van der Waals surface area contributed by atoms with Gasteiger partial charge >= 0.3 is 17.9 Å². The standard InChI is InChI=1S/C70H114O6/c1-4-7-10-13-16-19-22-24-26-28-29-30-31-32-33-34-35-36-37-38-39-40-41-43-44-46-48-51-54-57-60-63-69(72)75-66-67(65-74-68(71)62-59-56-53-50-21-18-15-12-9-6-3)76-70(73)64-61-58-55-52-49-47-45-42-27-25-23-20-17-14-11-8-5-2/h7-8,10-11,16-17,19-20,24-27,29-30,32-33,35-36,38-39,45,47,67H,4-6,9,12-15,18,21-23,28,31,34,37,40-44,46,48-66H2,1-3H3/b10-7-,11-8-,19-16-,20-17-,26-24-,27-25-,30-29-,33-32-,36-35-,39-38-,47-45-. The van der Waals surface area contributed by atoms with Crippen molar-refractivity contribution in [2.75, 3.05) is 13.2 Å². The van der Waals surface area contributed by atoms with Crippen molar-refractivity contribution < 1.29 is 28.6 Å². The number of carbonyl (C=O) groups is 3. The predicted octanol–water partition coefficient (Wildman–Crippen LogP) is 21.4. The molecule has 0 aromatic heterocycles. The quantitative estimate of drug-likeness (QED) is 0.0261. The van der Waals surface area contributed by atoms with Crippen LogP contribution in [0.1, 0.15) is 271 Å². The zero-order valence-corrected chi connectivity index (χ0v) is 49.2. The van der Waals surface area contributed by atoms with Crippen LogP contribution in [-0.2, 0) is 28.6 Å². The lowest BCUT2D eigenvalue weighted by molar-refractivity contribution is -0.167. The van der Waals surface area contributed by atoms with Crippen molar-refractivity contribution in [2.45, 2.75) is 277 Å². The number of hydrogen-bond donors (Lipinski definition) is 0. The van der Waals surface area contributed by atoms with E-state index in [1.165, 1.54) is 83.5 Å². The highest BCUT2D eigenvalue weighted by molar-refractivity contribution is 5.71.